The smallest absolute Gasteiger partial charge is 0.343 e. The number of benzene rings is 3. The second kappa shape index (κ2) is 12.4. The first-order valence-corrected chi connectivity index (χ1v) is 11.5. The molecule has 0 bridgehead atoms. The number of rotatable bonds is 9. The Morgan fingerprint density at radius 2 is 1.66 bits per heavy atom. The molecule has 0 radical (unpaired) electrons. The molecule has 8 nitrogen and oxygen atoms in total. The number of methoxy groups -OCH3 is 2. The Morgan fingerprint density at radius 1 is 0.943 bits per heavy atom. The van der Waals surface area contributed by atoms with Crippen molar-refractivity contribution in [2.75, 3.05) is 20.8 Å². The first-order chi connectivity index (χ1) is 16.8. The zero-order chi connectivity index (χ0) is 25.4. The summed E-state index contributed by atoms with van der Waals surface area (Å²) in [4.78, 5) is 24.8. The number of nitrogens with zero attached hydrogens (tertiary/aromatic N) is 1. The van der Waals surface area contributed by atoms with Gasteiger partial charge in [0.05, 0.1) is 31.0 Å². The maximum absolute atomic E-state index is 12.7. The largest absolute Gasteiger partial charge is 0.493 e. The van der Waals surface area contributed by atoms with Crippen LogP contribution < -0.4 is 24.4 Å². The third-order valence-corrected chi connectivity index (χ3v) is 5.46. The van der Waals surface area contributed by atoms with Gasteiger partial charge in [-0.15, -0.1) is 0 Å². The summed E-state index contributed by atoms with van der Waals surface area (Å²) in [7, 11) is 2.97. The SMILES string of the molecule is COc1ccc(C(=O)Oc2ccc(Br)cc2/C=N\NC(=O)COc2ccc(Cl)cc2Cl)cc1OC. The second-order valence-corrected chi connectivity index (χ2v) is 8.56. The monoisotopic (exact) mass is 580 g/mol. The first kappa shape index (κ1) is 26.3. The molecule has 3 aromatic rings. The molecule has 1 N–H and O–H groups in total. The zero-order valence-corrected chi connectivity index (χ0v) is 21.6. The van der Waals surface area contributed by atoms with E-state index < -0.39 is 11.9 Å². The van der Waals surface area contributed by atoms with Crippen molar-refractivity contribution in [1.29, 1.82) is 0 Å². The molecule has 0 aromatic heterocycles. The van der Waals surface area contributed by atoms with Crippen LogP contribution in [-0.4, -0.2) is 38.9 Å². The molecule has 3 rings (SSSR count). The van der Waals surface area contributed by atoms with Crippen LogP contribution in [0.2, 0.25) is 10.0 Å². The van der Waals surface area contributed by atoms with Gasteiger partial charge in [-0.25, -0.2) is 10.2 Å². The van der Waals surface area contributed by atoms with Crippen LogP contribution >= 0.6 is 39.1 Å². The summed E-state index contributed by atoms with van der Waals surface area (Å²) >= 11 is 15.2. The fraction of sp³-hybridized carbons (Fsp3) is 0.125. The number of carbonyl (C=O) groups excluding carboxylic acids is 2. The van der Waals surface area contributed by atoms with Crippen LogP contribution in [0.25, 0.3) is 0 Å². The maximum Gasteiger partial charge on any atom is 0.343 e. The number of carbonyl (C=O) groups is 2. The second-order valence-electron chi connectivity index (χ2n) is 6.80. The van der Waals surface area contributed by atoms with Gasteiger partial charge in [0.15, 0.2) is 18.1 Å². The van der Waals surface area contributed by atoms with Crippen LogP contribution in [-0.2, 0) is 4.79 Å². The molecule has 0 aliphatic rings. The molecule has 11 heteroatoms. The molecule has 0 aliphatic heterocycles. The highest BCUT2D eigenvalue weighted by Gasteiger charge is 2.15. The Bertz CT molecular complexity index is 1270. The van der Waals surface area contributed by atoms with Gasteiger partial charge in [0.2, 0.25) is 0 Å². The van der Waals surface area contributed by atoms with Crippen molar-refractivity contribution < 1.29 is 28.5 Å². The number of hydrogen-bond donors (Lipinski definition) is 1. The number of nitrogens with one attached hydrogen (secondary N) is 1. The van der Waals surface area contributed by atoms with Crippen LogP contribution in [0.3, 0.4) is 0 Å². The lowest BCUT2D eigenvalue weighted by atomic mass is 10.2. The summed E-state index contributed by atoms with van der Waals surface area (Å²) in [5.41, 5.74) is 3.05. The van der Waals surface area contributed by atoms with Crippen molar-refractivity contribution in [1.82, 2.24) is 5.43 Å². The molecule has 0 saturated heterocycles. The van der Waals surface area contributed by atoms with E-state index >= 15 is 0 Å². The summed E-state index contributed by atoms with van der Waals surface area (Å²) < 4.78 is 22.0. The Morgan fingerprint density at radius 3 is 2.37 bits per heavy atom. The molecule has 0 saturated carbocycles. The molecule has 1 amide bonds. The van der Waals surface area contributed by atoms with Crippen LogP contribution in [0.4, 0.5) is 0 Å². The number of hydrazone groups is 1. The lowest BCUT2D eigenvalue weighted by molar-refractivity contribution is -0.123. The Hall–Kier alpha value is -3.27. The van der Waals surface area contributed by atoms with E-state index in [1.165, 1.54) is 32.6 Å². The minimum absolute atomic E-state index is 0.232. The Balaban J connectivity index is 1.65. The average molecular weight is 582 g/mol. The molecule has 0 atom stereocenters. The summed E-state index contributed by atoms with van der Waals surface area (Å²) in [5, 5.41) is 4.65. The van der Waals surface area contributed by atoms with E-state index in [9.17, 15) is 9.59 Å². The Kier molecular flexibility index (Phi) is 9.36. The van der Waals surface area contributed by atoms with Crippen molar-refractivity contribution in [3.05, 3.63) is 80.2 Å². The lowest BCUT2D eigenvalue weighted by Gasteiger charge is -2.11. The summed E-state index contributed by atoms with van der Waals surface area (Å²) in [6.45, 7) is -0.321. The number of esters is 1. The summed E-state index contributed by atoms with van der Waals surface area (Å²) in [5.74, 6) is 0.288. The van der Waals surface area contributed by atoms with Gasteiger partial charge >= 0.3 is 5.97 Å². The van der Waals surface area contributed by atoms with Crippen molar-refractivity contribution in [2.45, 2.75) is 0 Å². The summed E-state index contributed by atoms with van der Waals surface area (Å²) in [6, 6.07) is 14.3. The molecule has 0 fully saturated rings. The lowest BCUT2D eigenvalue weighted by Crippen LogP contribution is -2.24. The van der Waals surface area contributed by atoms with Gasteiger partial charge in [-0.2, -0.15) is 5.10 Å². The predicted octanol–water partition coefficient (Wildman–Crippen LogP) is 5.52. The number of hydrogen-bond acceptors (Lipinski definition) is 7. The maximum atomic E-state index is 12.7. The molecule has 0 spiro atoms. The van der Waals surface area contributed by atoms with Crippen molar-refractivity contribution in [2.24, 2.45) is 5.10 Å². The first-order valence-electron chi connectivity index (χ1n) is 9.94. The van der Waals surface area contributed by atoms with Gasteiger partial charge in [-0.05, 0) is 54.6 Å². The predicted molar refractivity (Wildman–Crippen MR) is 136 cm³/mol. The molecular weight excluding hydrogens is 563 g/mol. The normalized spacial score (nSPS) is 10.7. The van der Waals surface area contributed by atoms with Gasteiger partial charge in [-0.1, -0.05) is 39.1 Å². The van der Waals surface area contributed by atoms with Gasteiger partial charge in [0.25, 0.3) is 5.91 Å². The average Bonchev–Trinajstić information content (AvgIpc) is 2.84. The molecule has 0 aliphatic carbocycles. The quantitative estimate of drug-likeness (QED) is 0.155. The van der Waals surface area contributed by atoms with Crippen molar-refractivity contribution in [3.8, 4) is 23.0 Å². The van der Waals surface area contributed by atoms with Gasteiger partial charge in [0, 0.05) is 15.1 Å². The molecule has 182 valence electrons. The highest BCUT2D eigenvalue weighted by molar-refractivity contribution is 9.10. The van der Waals surface area contributed by atoms with E-state index in [2.05, 4.69) is 26.5 Å². The highest BCUT2D eigenvalue weighted by Crippen LogP contribution is 2.29. The fourth-order valence-electron chi connectivity index (χ4n) is 2.78. The number of ether oxygens (including phenoxy) is 4. The van der Waals surface area contributed by atoms with Crippen LogP contribution in [0.15, 0.2) is 64.2 Å². The molecule has 3 aromatic carbocycles. The molecule has 0 heterocycles. The summed E-state index contributed by atoms with van der Waals surface area (Å²) in [6.07, 6.45) is 1.34. The van der Waals surface area contributed by atoms with Gasteiger partial charge in [0.1, 0.15) is 11.5 Å². The Labute approximate surface area is 219 Å². The van der Waals surface area contributed by atoms with E-state index in [1.54, 1.807) is 42.5 Å². The third-order valence-electron chi connectivity index (χ3n) is 4.44. The van der Waals surface area contributed by atoms with E-state index in [-0.39, 0.29) is 22.9 Å². The highest BCUT2D eigenvalue weighted by atomic mass is 79.9. The standard InChI is InChI=1S/C24H19BrCl2N2O6/c1-32-21-6-3-14(10-22(21)33-2)24(31)35-19-7-4-16(25)9-15(19)12-28-29-23(30)13-34-20-8-5-17(26)11-18(20)27/h3-12H,13H2,1-2H3,(H,29,30)/b28-12-. The van der Waals surface area contributed by atoms with Crippen molar-refractivity contribution >= 4 is 57.2 Å². The van der Waals surface area contributed by atoms with Crippen LogP contribution in [0.5, 0.6) is 23.0 Å². The van der Waals surface area contributed by atoms with E-state index in [0.717, 1.165) is 4.47 Å². The van der Waals surface area contributed by atoms with Gasteiger partial charge < -0.3 is 18.9 Å². The van der Waals surface area contributed by atoms with Crippen molar-refractivity contribution in [3.63, 3.8) is 0 Å². The third kappa shape index (κ3) is 7.35. The van der Waals surface area contributed by atoms with Gasteiger partial charge in [-0.3, -0.25) is 4.79 Å². The minimum Gasteiger partial charge on any atom is -0.493 e. The van der Waals surface area contributed by atoms with Crippen LogP contribution in [0, 0.1) is 0 Å². The number of halogens is 3. The molecular formula is C24H19BrCl2N2O6. The minimum atomic E-state index is -0.611. The van der Waals surface area contributed by atoms with E-state index in [1.807, 2.05) is 0 Å². The molecule has 35 heavy (non-hydrogen) atoms. The number of amides is 1. The van der Waals surface area contributed by atoms with Crippen LogP contribution in [0.1, 0.15) is 15.9 Å². The van der Waals surface area contributed by atoms with E-state index in [4.69, 9.17) is 42.1 Å². The molecule has 0 unspecified atom stereocenters. The fourth-order valence-corrected chi connectivity index (χ4v) is 3.62. The zero-order valence-electron chi connectivity index (χ0n) is 18.5. The topological polar surface area (TPSA) is 95.5 Å². The van der Waals surface area contributed by atoms with E-state index in [0.29, 0.717) is 27.8 Å².